The van der Waals surface area contributed by atoms with E-state index in [-0.39, 0.29) is 30.8 Å². The molecule has 2 fully saturated rings. The van der Waals surface area contributed by atoms with Gasteiger partial charge in [0.2, 0.25) is 0 Å². The van der Waals surface area contributed by atoms with Crippen LogP contribution in [0.1, 0.15) is 58.9 Å². The Kier molecular flexibility index (Phi) is 6.07. The van der Waals surface area contributed by atoms with Crippen LogP contribution < -0.4 is 0 Å². The van der Waals surface area contributed by atoms with Crippen molar-refractivity contribution < 1.29 is 38.1 Å². The van der Waals surface area contributed by atoms with E-state index in [9.17, 15) is 19.5 Å². The van der Waals surface area contributed by atoms with Gasteiger partial charge in [0.1, 0.15) is 0 Å². The maximum atomic E-state index is 13.8. The molecule has 1 N–H and O–H groups in total. The van der Waals surface area contributed by atoms with E-state index < -0.39 is 52.2 Å². The monoisotopic (exact) mass is 512 g/mol. The van der Waals surface area contributed by atoms with E-state index in [1.165, 1.54) is 13.2 Å². The number of carbonyl (C=O) groups is 3. The molecule has 4 aliphatic rings. The lowest BCUT2D eigenvalue weighted by Gasteiger charge is -2.61. The number of fused-ring (bicyclic) bond motifs is 4. The predicted molar refractivity (Wildman–Crippen MR) is 132 cm³/mol. The lowest BCUT2D eigenvalue weighted by atomic mass is 9.41. The molecule has 8 nitrogen and oxygen atoms in total. The first-order valence-corrected chi connectivity index (χ1v) is 13.0. The molecular formula is C29H36O8. The molecule has 0 amide bonds. The molecule has 37 heavy (non-hydrogen) atoms. The second-order valence-electron chi connectivity index (χ2n) is 11.6. The molecule has 9 atom stereocenters. The summed E-state index contributed by atoms with van der Waals surface area (Å²) in [6.07, 6.45) is 4.82. The van der Waals surface area contributed by atoms with Crippen LogP contribution in [0.2, 0.25) is 0 Å². The van der Waals surface area contributed by atoms with Crippen molar-refractivity contribution in [2.24, 2.45) is 28.1 Å². The number of hydrogen-bond donors (Lipinski definition) is 1. The minimum atomic E-state index is -1.28. The second kappa shape index (κ2) is 8.67. The normalized spacial score (nSPS) is 42.3. The Morgan fingerprint density at radius 2 is 1.95 bits per heavy atom. The van der Waals surface area contributed by atoms with Gasteiger partial charge >= 0.3 is 11.9 Å². The zero-order chi connectivity index (χ0) is 26.9. The molecule has 5 rings (SSSR count). The number of furan rings is 1. The maximum absolute atomic E-state index is 13.8. The molecule has 3 aliphatic carbocycles. The molecule has 1 saturated carbocycles. The van der Waals surface area contributed by atoms with Gasteiger partial charge in [0.25, 0.3) is 0 Å². The lowest BCUT2D eigenvalue weighted by molar-refractivity contribution is -0.216. The third kappa shape index (κ3) is 3.31. The van der Waals surface area contributed by atoms with Crippen LogP contribution in [-0.2, 0) is 28.6 Å². The van der Waals surface area contributed by atoms with E-state index >= 15 is 0 Å². The Morgan fingerprint density at radius 3 is 2.57 bits per heavy atom. The third-order valence-corrected chi connectivity index (χ3v) is 9.96. The summed E-state index contributed by atoms with van der Waals surface area (Å²) >= 11 is 0. The summed E-state index contributed by atoms with van der Waals surface area (Å²) in [5.74, 6) is -2.55. The molecule has 1 aromatic rings. The highest BCUT2D eigenvalue weighted by atomic mass is 16.5. The van der Waals surface area contributed by atoms with Crippen LogP contribution in [0.3, 0.4) is 0 Å². The Bertz CT molecular complexity index is 1180. The summed E-state index contributed by atoms with van der Waals surface area (Å²) in [6, 6.07) is 1.94. The van der Waals surface area contributed by atoms with Gasteiger partial charge in [0.15, 0.2) is 5.78 Å². The summed E-state index contributed by atoms with van der Waals surface area (Å²) in [6.45, 7) is 9.44. The third-order valence-electron chi connectivity index (χ3n) is 9.96. The molecule has 0 unspecified atom stereocenters. The first kappa shape index (κ1) is 25.9. The number of methoxy groups -OCH3 is 1. The first-order valence-electron chi connectivity index (χ1n) is 13.0. The van der Waals surface area contributed by atoms with Gasteiger partial charge in [-0.25, -0.2) is 0 Å². The highest BCUT2D eigenvalue weighted by Gasteiger charge is 2.74. The van der Waals surface area contributed by atoms with Crippen molar-refractivity contribution in [3.05, 3.63) is 47.5 Å². The number of rotatable bonds is 5. The van der Waals surface area contributed by atoms with Crippen molar-refractivity contribution in [3.8, 4) is 0 Å². The van der Waals surface area contributed by atoms with Gasteiger partial charge in [-0.2, -0.15) is 0 Å². The smallest absolute Gasteiger partial charge is 0.316 e. The molecule has 0 radical (unpaired) electrons. The fraction of sp³-hybridized carbons (Fsp3) is 0.621. The quantitative estimate of drug-likeness (QED) is 0.469. The Morgan fingerprint density at radius 1 is 1.22 bits per heavy atom. The number of carbonyl (C=O) groups excluding carboxylic acids is 3. The summed E-state index contributed by atoms with van der Waals surface area (Å²) in [5.41, 5.74) is -0.210. The van der Waals surface area contributed by atoms with Gasteiger partial charge in [0.05, 0.1) is 56.4 Å². The molecule has 1 saturated heterocycles. The van der Waals surface area contributed by atoms with E-state index in [2.05, 4.69) is 6.92 Å². The number of aliphatic hydroxyl groups is 1. The van der Waals surface area contributed by atoms with Crippen molar-refractivity contribution in [1.29, 1.82) is 0 Å². The molecule has 0 bridgehead atoms. The zero-order valence-electron chi connectivity index (χ0n) is 22.3. The van der Waals surface area contributed by atoms with Gasteiger partial charge in [0, 0.05) is 22.7 Å². The zero-order valence-corrected chi connectivity index (χ0v) is 22.3. The van der Waals surface area contributed by atoms with Gasteiger partial charge in [-0.05, 0) is 56.4 Å². The van der Waals surface area contributed by atoms with Crippen LogP contribution in [0.5, 0.6) is 0 Å². The molecular weight excluding hydrogens is 476 g/mol. The summed E-state index contributed by atoms with van der Waals surface area (Å²) < 4.78 is 22.5. The van der Waals surface area contributed by atoms with Crippen LogP contribution in [0.4, 0.5) is 0 Å². The molecule has 1 aliphatic heterocycles. The van der Waals surface area contributed by atoms with E-state index in [4.69, 9.17) is 18.6 Å². The van der Waals surface area contributed by atoms with E-state index in [1.807, 2.05) is 13.0 Å². The van der Waals surface area contributed by atoms with Crippen molar-refractivity contribution in [1.82, 2.24) is 0 Å². The van der Waals surface area contributed by atoms with Crippen molar-refractivity contribution in [3.63, 3.8) is 0 Å². The SMILES string of the molecule is CCOC(=O)[C@]1(C)C=CC(=O)[C@]2(C)[C@@H](CC(=O)OC)[C@]3(C)C4=C(C)[C@H](c5ccoc5)C[C@@H]4O[C@@H]3[C@H](O)[C@H]21. The second-order valence-corrected chi connectivity index (χ2v) is 11.6. The highest BCUT2D eigenvalue weighted by molar-refractivity contribution is 5.99. The van der Waals surface area contributed by atoms with E-state index in [1.54, 1.807) is 39.4 Å². The van der Waals surface area contributed by atoms with Crippen LogP contribution in [0, 0.1) is 28.1 Å². The number of ether oxygens (including phenoxy) is 3. The largest absolute Gasteiger partial charge is 0.472 e. The Hall–Kier alpha value is -2.71. The Labute approximate surface area is 217 Å². The fourth-order valence-corrected chi connectivity index (χ4v) is 8.36. The van der Waals surface area contributed by atoms with Gasteiger partial charge in [-0.15, -0.1) is 0 Å². The number of aliphatic hydroxyl groups excluding tert-OH is 1. The van der Waals surface area contributed by atoms with Crippen molar-refractivity contribution >= 4 is 17.7 Å². The highest BCUT2D eigenvalue weighted by Crippen LogP contribution is 2.70. The molecule has 2 heterocycles. The number of allylic oxidation sites excluding steroid dienone is 2. The molecule has 1 aromatic heterocycles. The van der Waals surface area contributed by atoms with Crippen LogP contribution in [0.25, 0.3) is 0 Å². The summed E-state index contributed by atoms with van der Waals surface area (Å²) in [5, 5.41) is 12.0. The lowest BCUT2D eigenvalue weighted by Crippen LogP contribution is -2.69. The Balaban J connectivity index is 1.71. The minimum absolute atomic E-state index is 0.0507. The minimum Gasteiger partial charge on any atom is -0.472 e. The number of esters is 2. The van der Waals surface area contributed by atoms with Crippen LogP contribution >= 0.6 is 0 Å². The van der Waals surface area contributed by atoms with E-state index in [0.717, 1.165) is 16.7 Å². The van der Waals surface area contributed by atoms with Crippen LogP contribution in [0.15, 0.2) is 46.3 Å². The maximum Gasteiger partial charge on any atom is 0.316 e. The molecule has 0 spiro atoms. The number of hydrogen-bond acceptors (Lipinski definition) is 8. The van der Waals surface area contributed by atoms with Gasteiger partial charge in [-0.1, -0.05) is 25.5 Å². The fourth-order valence-electron chi connectivity index (χ4n) is 8.36. The molecule has 0 aromatic carbocycles. The summed E-state index contributed by atoms with van der Waals surface area (Å²) in [7, 11) is 1.33. The average Bonchev–Trinajstić information content (AvgIpc) is 3.56. The van der Waals surface area contributed by atoms with E-state index in [0.29, 0.717) is 6.42 Å². The van der Waals surface area contributed by atoms with Crippen molar-refractivity contribution in [2.45, 2.75) is 71.7 Å². The molecule has 8 heteroatoms. The van der Waals surface area contributed by atoms with Gasteiger partial charge in [-0.3, -0.25) is 14.4 Å². The predicted octanol–water partition coefficient (Wildman–Crippen LogP) is 3.74. The van der Waals surface area contributed by atoms with Gasteiger partial charge < -0.3 is 23.7 Å². The van der Waals surface area contributed by atoms with Crippen LogP contribution in [-0.4, -0.2) is 54.9 Å². The first-order chi connectivity index (χ1) is 17.5. The van der Waals surface area contributed by atoms with Crippen molar-refractivity contribution in [2.75, 3.05) is 13.7 Å². The standard InChI is InChI=1S/C29H36O8/c1-7-36-26(33)27(3)10-8-20(30)28(4)19(13-21(31)34-6)29(5)22-15(2)17(16-9-11-35-14-16)12-18(22)37-25(29)23(32)24(27)28/h8-11,14,17-19,23-25,32H,7,12-13H2,1-6H3/t17-,18+,19-,23-,24+,25-,27-,28+,29-/m1/s1. The summed E-state index contributed by atoms with van der Waals surface area (Å²) in [4.78, 5) is 40.0. The topological polar surface area (TPSA) is 112 Å². The molecule has 200 valence electrons. The average molecular weight is 513 g/mol. The number of ketones is 1.